The van der Waals surface area contributed by atoms with Crippen molar-refractivity contribution in [1.29, 1.82) is 5.26 Å². The fraction of sp³-hybridized carbons (Fsp3) is 0.462. The van der Waals surface area contributed by atoms with Crippen molar-refractivity contribution in [2.45, 2.75) is 26.2 Å². The van der Waals surface area contributed by atoms with Crippen molar-refractivity contribution in [2.24, 2.45) is 5.41 Å². The second-order valence-electron chi connectivity index (χ2n) is 4.65. The minimum atomic E-state index is 0.226. The van der Waals surface area contributed by atoms with E-state index in [-0.39, 0.29) is 5.41 Å². The van der Waals surface area contributed by atoms with Crippen LogP contribution in [0, 0.1) is 23.7 Å². The van der Waals surface area contributed by atoms with Gasteiger partial charge in [0.1, 0.15) is 0 Å². The van der Waals surface area contributed by atoms with Gasteiger partial charge in [0.05, 0.1) is 6.07 Å². The lowest BCUT2D eigenvalue weighted by molar-refractivity contribution is 0.557. The third-order valence-electron chi connectivity index (χ3n) is 3.26. The number of nitriles is 1. The molecule has 0 radical (unpaired) electrons. The molecule has 0 aromatic heterocycles. The van der Waals surface area contributed by atoms with Gasteiger partial charge in [-0.1, -0.05) is 17.7 Å². The summed E-state index contributed by atoms with van der Waals surface area (Å²) in [7, 11) is 0. The first-order valence-electron chi connectivity index (χ1n) is 5.52. The number of hydrogen-bond acceptors (Lipinski definition) is 2. The van der Waals surface area contributed by atoms with E-state index in [1.54, 1.807) is 0 Å². The van der Waals surface area contributed by atoms with Crippen molar-refractivity contribution in [3.63, 3.8) is 0 Å². The van der Waals surface area contributed by atoms with Gasteiger partial charge in [0.25, 0.3) is 0 Å². The minimum absolute atomic E-state index is 0.226. The zero-order valence-electron chi connectivity index (χ0n) is 9.39. The zero-order valence-corrected chi connectivity index (χ0v) is 10.1. The molecule has 1 aliphatic rings. The van der Waals surface area contributed by atoms with Gasteiger partial charge in [0.15, 0.2) is 0 Å². The maximum absolute atomic E-state index is 8.74. The summed E-state index contributed by atoms with van der Waals surface area (Å²) in [5, 5.41) is 12.9. The Morgan fingerprint density at radius 2 is 2.25 bits per heavy atom. The molecule has 1 aliphatic carbocycles. The number of aryl methyl sites for hydroxylation is 1. The van der Waals surface area contributed by atoms with E-state index < -0.39 is 0 Å². The molecule has 84 valence electrons. The monoisotopic (exact) mass is 234 g/mol. The summed E-state index contributed by atoms with van der Waals surface area (Å²) >= 11 is 5.95. The van der Waals surface area contributed by atoms with Crippen molar-refractivity contribution in [3.8, 4) is 6.07 Å². The van der Waals surface area contributed by atoms with Crippen LogP contribution in [0.5, 0.6) is 0 Å². The van der Waals surface area contributed by atoms with Crippen LogP contribution in [-0.2, 0) is 0 Å². The van der Waals surface area contributed by atoms with E-state index in [4.69, 9.17) is 16.9 Å². The smallest absolute Gasteiger partial charge is 0.0628 e. The molecule has 1 fully saturated rings. The molecule has 0 unspecified atom stereocenters. The Bertz CT molecular complexity index is 430. The number of hydrogen-bond donors (Lipinski definition) is 1. The second-order valence-corrected chi connectivity index (χ2v) is 5.08. The molecule has 1 aromatic carbocycles. The Hall–Kier alpha value is -1.20. The van der Waals surface area contributed by atoms with Gasteiger partial charge in [0, 0.05) is 29.1 Å². The van der Waals surface area contributed by atoms with Crippen LogP contribution in [0.1, 0.15) is 24.8 Å². The van der Waals surface area contributed by atoms with Gasteiger partial charge >= 0.3 is 0 Å². The minimum Gasteiger partial charge on any atom is -0.384 e. The summed E-state index contributed by atoms with van der Waals surface area (Å²) in [6, 6.07) is 8.11. The van der Waals surface area contributed by atoms with Gasteiger partial charge in [-0.25, -0.2) is 0 Å². The molecule has 1 aromatic rings. The van der Waals surface area contributed by atoms with E-state index in [2.05, 4.69) is 18.3 Å². The molecule has 1 N–H and O–H groups in total. The van der Waals surface area contributed by atoms with Crippen LogP contribution in [0.3, 0.4) is 0 Å². The van der Waals surface area contributed by atoms with Crippen LogP contribution in [0.4, 0.5) is 5.69 Å². The molecule has 0 saturated heterocycles. The highest BCUT2D eigenvalue weighted by molar-refractivity contribution is 6.30. The molecule has 16 heavy (non-hydrogen) atoms. The largest absolute Gasteiger partial charge is 0.384 e. The van der Waals surface area contributed by atoms with Crippen LogP contribution in [0.15, 0.2) is 18.2 Å². The Morgan fingerprint density at radius 1 is 1.50 bits per heavy atom. The van der Waals surface area contributed by atoms with Crippen molar-refractivity contribution in [1.82, 2.24) is 0 Å². The molecule has 0 amide bonds. The first kappa shape index (κ1) is 11.3. The summed E-state index contributed by atoms with van der Waals surface area (Å²) in [6.07, 6.45) is 2.97. The molecule has 2 nitrogen and oxygen atoms in total. The molecule has 0 heterocycles. The van der Waals surface area contributed by atoms with Crippen LogP contribution < -0.4 is 5.32 Å². The fourth-order valence-corrected chi connectivity index (χ4v) is 2.00. The summed E-state index contributed by atoms with van der Waals surface area (Å²) in [5.74, 6) is 0. The number of rotatable bonds is 4. The molecular formula is C13H15ClN2. The first-order valence-corrected chi connectivity index (χ1v) is 5.90. The highest BCUT2D eigenvalue weighted by atomic mass is 35.5. The van der Waals surface area contributed by atoms with Crippen LogP contribution >= 0.6 is 11.6 Å². The fourth-order valence-electron chi connectivity index (χ4n) is 1.83. The lowest BCUT2D eigenvalue weighted by Crippen LogP contribution is -2.15. The van der Waals surface area contributed by atoms with Gasteiger partial charge in [-0.15, -0.1) is 0 Å². The third kappa shape index (κ3) is 2.48. The average Bonchev–Trinajstić information content (AvgIpc) is 3.01. The lowest BCUT2D eigenvalue weighted by atomic mass is 10.0. The van der Waals surface area contributed by atoms with Crippen molar-refractivity contribution in [2.75, 3.05) is 11.9 Å². The molecule has 0 bridgehead atoms. The SMILES string of the molecule is Cc1ccc(Cl)cc1NCC1(CC#N)CC1. The Balaban J connectivity index is 2.00. The van der Waals surface area contributed by atoms with Crippen molar-refractivity contribution >= 4 is 17.3 Å². The van der Waals surface area contributed by atoms with E-state index >= 15 is 0 Å². The highest BCUT2D eigenvalue weighted by Crippen LogP contribution is 2.48. The maximum Gasteiger partial charge on any atom is 0.0628 e. The number of nitrogens with one attached hydrogen (secondary N) is 1. The van der Waals surface area contributed by atoms with Crippen molar-refractivity contribution in [3.05, 3.63) is 28.8 Å². The van der Waals surface area contributed by atoms with E-state index in [1.807, 2.05) is 18.2 Å². The van der Waals surface area contributed by atoms with Gasteiger partial charge in [-0.05, 0) is 37.5 Å². The first-order chi connectivity index (χ1) is 7.65. The summed E-state index contributed by atoms with van der Waals surface area (Å²) in [5.41, 5.74) is 2.50. The topological polar surface area (TPSA) is 35.8 Å². The van der Waals surface area contributed by atoms with Gasteiger partial charge in [-0.3, -0.25) is 0 Å². The molecule has 3 heteroatoms. The number of nitrogens with zero attached hydrogens (tertiary/aromatic N) is 1. The second kappa shape index (κ2) is 4.35. The van der Waals surface area contributed by atoms with Crippen LogP contribution in [-0.4, -0.2) is 6.54 Å². The summed E-state index contributed by atoms with van der Waals surface area (Å²) in [6.45, 7) is 2.93. The molecule has 0 spiro atoms. The molecule has 0 aliphatic heterocycles. The molecule has 2 rings (SSSR count). The third-order valence-corrected chi connectivity index (χ3v) is 3.50. The summed E-state index contributed by atoms with van der Waals surface area (Å²) in [4.78, 5) is 0. The van der Waals surface area contributed by atoms with E-state index in [9.17, 15) is 0 Å². The Kier molecular flexibility index (Phi) is 3.07. The number of benzene rings is 1. The summed E-state index contributed by atoms with van der Waals surface area (Å²) < 4.78 is 0. The van der Waals surface area contributed by atoms with E-state index in [0.717, 1.165) is 30.1 Å². The molecular weight excluding hydrogens is 220 g/mol. The number of anilines is 1. The Morgan fingerprint density at radius 3 is 2.88 bits per heavy atom. The number of halogens is 1. The maximum atomic E-state index is 8.74. The Labute approximate surface area is 101 Å². The van der Waals surface area contributed by atoms with Gasteiger partial charge in [0.2, 0.25) is 0 Å². The van der Waals surface area contributed by atoms with Gasteiger partial charge in [-0.2, -0.15) is 5.26 Å². The average molecular weight is 235 g/mol. The highest BCUT2D eigenvalue weighted by Gasteiger charge is 2.42. The van der Waals surface area contributed by atoms with Crippen molar-refractivity contribution < 1.29 is 0 Å². The quantitative estimate of drug-likeness (QED) is 0.861. The lowest BCUT2D eigenvalue weighted by Gasteiger charge is -2.15. The predicted molar refractivity (Wildman–Crippen MR) is 66.6 cm³/mol. The standard InChI is InChI=1S/C13H15ClN2/c1-10-2-3-11(14)8-12(10)16-9-13(4-5-13)6-7-15/h2-3,8,16H,4-6,9H2,1H3. The normalized spacial score (nSPS) is 16.6. The van der Waals surface area contributed by atoms with E-state index in [1.165, 1.54) is 5.56 Å². The molecule has 0 atom stereocenters. The van der Waals surface area contributed by atoms with Crippen LogP contribution in [0.25, 0.3) is 0 Å². The zero-order chi connectivity index (χ0) is 11.6. The van der Waals surface area contributed by atoms with Crippen LogP contribution in [0.2, 0.25) is 5.02 Å². The van der Waals surface area contributed by atoms with Gasteiger partial charge < -0.3 is 5.32 Å². The predicted octanol–water partition coefficient (Wildman–Crippen LogP) is 3.75. The molecule has 1 saturated carbocycles. The van der Waals surface area contributed by atoms with E-state index in [0.29, 0.717) is 6.42 Å².